The number of ketones is 1. The summed E-state index contributed by atoms with van der Waals surface area (Å²) in [5.74, 6) is 0.325. The van der Waals surface area contributed by atoms with Gasteiger partial charge >= 0.3 is 0 Å². The van der Waals surface area contributed by atoms with Crippen LogP contribution in [-0.4, -0.2) is 40.6 Å². The first-order valence-electron chi connectivity index (χ1n) is 11.7. The summed E-state index contributed by atoms with van der Waals surface area (Å²) in [6.07, 6.45) is 5.69. The topological polar surface area (TPSA) is 116 Å². The zero-order chi connectivity index (χ0) is 25.7. The fourth-order valence-corrected chi connectivity index (χ4v) is 4.49. The van der Waals surface area contributed by atoms with E-state index in [-0.39, 0.29) is 36.6 Å². The number of hydrogen-bond acceptors (Lipinski definition) is 6. The van der Waals surface area contributed by atoms with Gasteiger partial charge in [0.15, 0.2) is 5.78 Å². The molecule has 0 fully saturated rings. The van der Waals surface area contributed by atoms with Crippen molar-refractivity contribution in [1.29, 1.82) is 0 Å². The average Bonchev–Trinajstić information content (AvgIpc) is 3.29. The van der Waals surface area contributed by atoms with Crippen molar-refractivity contribution in [2.24, 2.45) is 10.7 Å². The van der Waals surface area contributed by atoms with Gasteiger partial charge in [-0.25, -0.2) is 4.99 Å². The van der Waals surface area contributed by atoms with Crippen LogP contribution in [0.2, 0.25) is 0 Å². The van der Waals surface area contributed by atoms with Gasteiger partial charge in [0.05, 0.1) is 11.1 Å². The van der Waals surface area contributed by atoms with E-state index in [4.69, 9.17) is 17.3 Å². The molecule has 0 saturated heterocycles. The lowest BCUT2D eigenvalue weighted by Gasteiger charge is -2.33. The largest absolute Gasteiger partial charge is 0.361 e. The molecule has 1 aliphatic heterocycles. The number of guanidine groups is 1. The number of halogens is 1. The number of nitrogens with two attached hydrogens (primary N) is 1. The predicted octanol–water partition coefficient (Wildman–Crippen LogP) is 4.89. The SMILES string of the molecule is C=CC(=O)CC(N)CCC(=O)Nc1cccc(NC2=NC=C(Cl)C(c3c[nH]c4ccccc34)N2C)c1. The molecule has 3 aromatic rings. The molecular formula is C27H29ClN6O2. The molecule has 0 aliphatic carbocycles. The number of para-hydroxylation sites is 1. The molecule has 0 spiro atoms. The van der Waals surface area contributed by atoms with E-state index >= 15 is 0 Å². The average molecular weight is 505 g/mol. The maximum Gasteiger partial charge on any atom is 0.224 e. The van der Waals surface area contributed by atoms with Gasteiger partial charge in [-0.1, -0.05) is 42.4 Å². The predicted molar refractivity (Wildman–Crippen MR) is 146 cm³/mol. The molecule has 36 heavy (non-hydrogen) atoms. The highest BCUT2D eigenvalue weighted by molar-refractivity contribution is 6.31. The molecule has 2 heterocycles. The smallest absolute Gasteiger partial charge is 0.224 e. The molecule has 0 bridgehead atoms. The Morgan fingerprint density at radius 1 is 1.25 bits per heavy atom. The number of carbonyl (C=O) groups excluding carboxylic acids is 2. The summed E-state index contributed by atoms with van der Waals surface area (Å²) in [7, 11) is 1.93. The van der Waals surface area contributed by atoms with Crippen molar-refractivity contribution in [1.82, 2.24) is 9.88 Å². The third-order valence-corrected chi connectivity index (χ3v) is 6.35. The Morgan fingerprint density at radius 2 is 2.03 bits per heavy atom. The van der Waals surface area contributed by atoms with Gasteiger partial charge < -0.3 is 26.3 Å². The van der Waals surface area contributed by atoms with E-state index in [0.717, 1.165) is 22.2 Å². The number of anilines is 2. The van der Waals surface area contributed by atoms with Crippen molar-refractivity contribution in [3.05, 3.63) is 84.2 Å². The molecule has 5 N–H and O–H groups in total. The number of hydrogen-bond donors (Lipinski definition) is 4. The van der Waals surface area contributed by atoms with Gasteiger partial charge in [0.25, 0.3) is 0 Å². The van der Waals surface area contributed by atoms with Crippen LogP contribution in [0.15, 0.2) is 83.6 Å². The second-order valence-corrected chi connectivity index (χ2v) is 9.13. The fourth-order valence-electron chi connectivity index (χ4n) is 4.18. The molecule has 2 unspecified atom stereocenters. The monoisotopic (exact) mass is 504 g/mol. The number of amides is 1. The van der Waals surface area contributed by atoms with Gasteiger partial charge in [-0.15, -0.1) is 0 Å². The van der Waals surface area contributed by atoms with Gasteiger partial charge in [0, 0.05) is 66.2 Å². The minimum absolute atomic E-state index is 0.125. The third kappa shape index (κ3) is 5.84. The van der Waals surface area contributed by atoms with Crippen LogP contribution < -0.4 is 16.4 Å². The molecule has 2 aromatic carbocycles. The van der Waals surface area contributed by atoms with E-state index in [1.807, 2.05) is 60.6 Å². The number of carbonyl (C=O) groups is 2. The number of aliphatic imine (C=N–C) groups is 1. The van der Waals surface area contributed by atoms with Gasteiger partial charge in [0.1, 0.15) is 0 Å². The van der Waals surface area contributed by atoms with Gasteiger partial charge in [-0.2, -0.15) is 0 Å². The van der Waals surface area contributed by atoms with Crippen LogP contribution in [0.4, 0.5) is 11.4 Å². The van der Waals surface area contributed by atoms with Crippen molar-refractivity contribution in [2.45, 2.75) is 31.3 Å². The van der Waals surface area contributed by atoms with Crippen LogP contribution in [0.3, 0.4) is 0 Å². The summed E-state index contributed by atoms with van der Waals surface area (Å²) in [6, 6.07) is 14.9. The number of nitrogens with zero attached hydrogens (tertiary/aromatic N) is 2. The van der Waals surface area contributed by atoms with Gasteiger partial charge in [0.2, 0.25) is 11.9 Å². The molecule has 2 atom stereocenters. The van der Waals surface area contributed by atoms with Gasteiger partial charge in [-0.3, -0.25) is 9.59 Å². The van der Waals surface area contributed by atoms with Gasteiger partial charge in [-0.05, 0) is 36.8 Å². The maximum atomic E-state index is 12.4. The van der Waals surface area contributed by atoms with Crippen LogP contribution in [0.1, 0.15) is 30.9 Å². The van der Waals surface area contributed by atoms with Crippen LogP contribution in [-0.2, 0) is 9.59 Å². The number of H-pyrrole nitrogens is 1. The first kappa shape index (κ1) is 25.2. The molecule has 0 radical (unpaired) electrons. The molecule has 8 nitrogen and oxygen atoms in total. The normalized spacial score (nSPS) is 16.2. The lowest BCUT2D eigenvalue weighted by molar-refractivity contribution is -0.117. The third-order valence-electron chi connectivity index (χ3n) is 6.04. The zero-order valence-electron chi connectivity index (χ0n) is 20.0. The quantitative estimate of drug-likeness (QED) is 0.309. The summed E-state index contributed by atoms with van der Waals surface area (Å²) in [5.41, 5.74) is 9.42. The number of rotatable bonds is 9. The van der Waals surface area contributed by atoms with E-state index in [1.54, 1.807) is 6.20 Å². The Bertz CT molecular complexity index is 1340. The van der Waals surface area contributed by atoms with Crippen molar-refractivity contribution >= 4 is 51.5 Å². The number of likely N-dealkylation sites (N-methyl/N-ethyl adjacent to an activating group) is 1. The minimum atomic E-state index is -0.376. The molecule has 1 aliphatic rings. The van der Waals surface area contributed by atoms with E-state index in [2.05, 4.69) is 33.3 Å². The lowest BCUT2D eigenvalue weighted by atomic mass is 10.0. The molecule has 1 aromatic heterocycles. The first-order chi connectivity index (χ1) is 17.4. The van der Waals surface area contributed by atoms with Crippen LogP contribution in [0, 0.1) is 0 Å². The molecule has 0 saturated carbocycles. The van der Waals surface area contributed by atoms with E-state index in [1.165, 1.54) is 6.08 Å². The van der Waals surface area contributed by atoms with Crippen LogP contribution in [0.5, 0.6) is 0 Å². The Balaban J connectivity index is 1.41. The zero-order valence-corrected chi connectivity index (χ0v) is 20.8. The number of fused-ring (bicyclic) bond motifs is 1. The summed E-state index contributed by atoms with van der Waals surface area (Å²) < 4.78 is 0. The summed E-state index contributed by atoms with van der Waals surface area (Å²) in [6.45, 7) is 3.44. The molecule has 1 amide bonds. The number of nitrogens with one attached hydrogen (secondary N) is 3. The first-order valence-corrected chi connectivity index (χ1v) is 12.0. The highest BCUT2D eigenvalue weighted by Gasteiger charge is 2.28. The molecular weight excluding hydrogens is 476 g/mol. The Morgan fingerprint density at radius 3 is 2.83 bits per heavy atom. The molecule has 4 rings (SSSR count). The van der Waals surface area contributed by atoms with E-state index in [0.29, 0.717) is 23.1 Å². The number of aromatic amines is 1. The number of benzene rings is 2. The highest BCUT2D eigenvalue weighted by Crippen LogP contribution is 2.37. The minimum Gasteiger partial charge on any atom is -0.361 e. The summed E-state index contributed by atoms with van der Waals surface area (Å²) in [5, 5.41) is 7.92. The maximum absolute atomic E-state index is 12.4. The summed E-state index contributed by atoms with van der Waals surface area (Å²) in [4.78, 5) is 33.6. The number of allylic oxidation sites excluding steroid dienone is 1. The Kier molecular flexibility index (Phi) is 7.87. The fraction of sp³-hybridized carbons (Fsp3) is 0.222. The second-order valence-electron chi connectivity index (χ2n) is 8.70. The van der Waals surface area contributed by atoms with Crippen molar-refractivity contribution in [3.63, 3.8) is 0 Å². The van der Waals surface area contributed by atoms with E-state index < -0.39 is 0 Å². The van der Waals surface area contributed by atoms with Crippen molar-refractivity contribution < 1.29 is 9.59 Å². The molecule has 186 valence electrons. The summed E-state index contributed by atoms with van der Waals surface area (Å²) >= 11 is 6.60. The van der Waals surface area contributed by atoms with Crippen molar-refractivity contribution in [3.8, 4) is 0 Å². The standard InChI is InChI=1S/C27H29ClN6O2/c1-3-20(35)13-17(29)11-12-25(36)32-18-7-6-8-19(14-18)33-27-31-16-23(28)26(34(27)2)22-15-30-24-10-5-4-9-21(22)24/h3-10,14-17,26,30H,1,11-13,29H2,2H3,(H,31,33)(H,32,36). The highest BCUT2D eigenvalue weighted by atomic mass is 35.5. The second kappa shape index (κ2) is 11.2. The Labute approximate surface area is 214 Å². The van der Waals surface area contributed by atoms with Crippen LogP contribution in [0.25, 0.3) is 10.9 Å². The van der Waals surface area contributed by atoms with Crippen LogP contribution >= 0.6 is 11.6 Å². The van der Waals surface area contributed by atoms with Crippen molar-refractivity contribution in [2.75, 3.05) is 17.7 Å². The Hall–Kier alpha value is -3.88. The lowest BCUT2D eigenvalue weighted by Crippen LogP contribution is -2.38. The molecule has 9 heteroatoms. The van der Waals surface area contributed by atoms with E-state index in [9.17, 15) is 9.59 Å². The number of aromatic nitrogens is 1.